The number of imidazole rings is 1. The highest BCUT2D eigenvalue weighted by atomic mass is 16.2. The SMILES string of the molecule is O=C(Nc1ccccc1)N[C@@H]1CCCC[C@@H]1C(=O)N1CC[C@@H]2[C@H](c3ncc[nH]3)Nc3ccccc3[C@@H]21. The lowest BCUT2D eigenvalue weighted by molar-refractivity contribution is -0.138. The first-order valence-electron chi connectivity index (χ1n) is 13.0. The molecule has 8 nitrogen and oxygen atoms in total. The highest BCUT2D eigenvalue weighted by Crippen LogP contribution is 2.51. The molecule has 4 N–H and O–H groups in total. The number of carbonyl (C=O) groups excluding carboxylic acids is 2. The van der Waals surface area contributed by atoms with Gasteiger partial charge in [0.05, 0.1) is 18.0 Å². The predicted octanol–water partition coefficient (Wildman–Crippen LogP) is 4.85. The fourth-order valence-electron chi connectivity index (χ4n) is 6.36. The zero-order valence-corrected chi connectivity index (χ0v) is 20.2. The molecule has 0 radical (unpaired) electrons. The van der Waals surface area contributed by atoms with Crippen molar-refractivity contribution in [3.8, 4) is 0 Å². The zero-order valence-electron chi connectivity index (χ0n) is 20.2. The van der Waals surface area contributed by atoms with E-state index in [1.165, 1.54) is 5.56 Å². The van der Waals surface area contributed by atoms with E-state index < -0.39 is 0 Å². The lowest BCUT2D eigenvalue weighted by Gasteiger charge is -2.41. The molecule has 6 rings (SSSR count). The largest absolute Gasteiger partial charge is 0.375 e. The van der Waals surface area contributed by atoms with E-state index in [2.05, 4.69) is 43.0 Å². The molecule has 3 aromatic rings. The van der Waals surface area contributed by atoms with Crippen molar-refractivity contribution in [1.29, 1.82) is 0 Å². The van der Waals surface area contributed by atoms with Gasteiger partial charge in [-0.15, -0.1) is 0 Å². The maximum Gasteiger partial charge on any atom is 0.319 e. The third kappa shape index (κ3) is 4.21. The minimum atomic E-state index is -0.254. The number of aromatic nitrogens is 2. The molecule has 0 bridgehead atoms. The fourth-order valence-corrected chi connectivity index (χ4v) is 6.36. The second-order valence-electron chi connectivity index (χ2n) is 10.1. The van der Waals surface area contributed by atoms with Crippen molar-refractivity contribution in [2.45, 2.75) is 50.2 Å². The van der Waals surface area contributed by atoms with Crippen LogP contribution in [0.3, 0.4) is 0 Å². The standard InChI is InChI=1S/C28H32N6O2/c35-27(20-11-5-7-13-23(20)33-28(36)31-18-8-2-1-3-9-18)34-17-14-21-24(26-29-15-16-30-26)32-22-12-6-4-10-19(22)25(21)34/h1-4,6,8-10,12,15-16,20-21,23-25,32H,5,7,11,13-14,17H2,(H,29,30)(H2,31,33,36)/t20-,21+,23+,24+,25-/m0/s1. The molecular formula is C28H32N6O2. The molecule has 8 heteroatoms. The number of para-hydroxylation sites is 2. The van der Waals surface area contributed by atoms with Crippen molar-refractivity contribution in [2.75, 3.05) is 17.2 Å². The van der Waals surface area contributed by atoms with Crippen molar-refractivity contribution < 1.29 is 9.59 Å². The number of nitrogens with one attached hydrogen (secondary N) is 4. The summed E-state index contributed by atoms with van der Waals surface area (Å²) in [5, 5.41) is 9.69. The lowest BCUT2D eigenvalue weighted by atomic mass is 9.81. The lowest BCUT2D eigenvalue weighted by Crippen LogP contribution is -2.51. The quantitative estimate of drug-likeness (QED) is 0.425. The third-order valence-corrected chi connectivity index (χ3v) is 7.99. The molecule has 1 aliphatic carbocycles. The Balaban J connectivity index is 1.23. The molecule has 1 saturated heterocycles. The van der Waals surface area contributed by atoms with Gasteiger partial charge in [0.25, 0.3) is 0 Å². The van der Waals surface area contributed by atoms with Crippen LogP contribution in [0.5, 0.6) is 0 Å². The first kappa shape index (κ1) is 22.6. The topological polar surface area (TPSA) is 102 Å². The van der Waals surface area contributed by atoms with Gasteiger partial charge in [0.2, 0.25) is 5.91 Å². The molecule has 3 amide bonds. The van der Waals surface area contributed by atoms with Crippen LogP contribution >= 0.6 is 0 Å². The van der Waals surface area contributed by atoms with Gasteiger partial charge < -0.3 is 25.8 Å². The van der Waals surface area contributed by atoms with Crippen LogP contribution in [0.4, 0.5) is 16.2 Å². The Morgan fingerprint density at radius 1 is 0.972 bits per heavy atom. The smallest absolute Gasteiger partial charge is 0.319 e. The van der Waals surface area contributed by atoms with Crippen LogP contribution in [-0.2, 0) is 4.79 Å². The number of anilines is 2. The third-order valence-electron chi connectivity index (χ3n) is 7.99. The minimum absolute atomic E-state index is 0.00854. The monoisotopic (exact) mass is 484 g/mol. The van der Waals surface area contributed by atoms with Crippen LogP contribution in [0.2, 0.25) is 0 Å². The van der Waals surface area contributed by atoms with Crippen molar-refractivity contribution >= 4 is 23.3 Å². The van der Waals surface area contributed by atoms with Crippen LogP contribution in [0.1, 0.15) is 55.6 Å². The van der Waals surface area contributed by atoms with Gasteiger partial charge in [-0.3, -0.25) is 4.79 Å². The van der Waals surface area contributed by atoms with E-state index in [0.717, 1.165) is 49.3 Å². The molecule has 5 atom stereocenters. The number of benzene rings is 2. The number of amides is 3. The molecule has 36 heavy (non-hydrogen) atoms. The Morgan fingerprint density at radius 2 is 1.78 bits per heavy atom. The number of rotatable bonds is 4. The van der Waals surface area contributed by atoms with E-state index in [1.807, 2.05) is 48.7 Å². The van der Waals surface area contributed by atoms with Gasteiger partial charge in [-0.2, -0.15) is 0 Å². The minimum Gasteiger partial charge on any atom is -0.375 e. The van der Waals surface area contributed by atoms with Gasteiger partial charge in [0, 0.05) is 42.3 Å². The zero-order chi connectivity index (χ0) is 24.5. The van der Waals surface area contributed by atoms with Crippen LogP contribution in [0.15, 0.2) is 67.0 Å². The summed E-state index contributed by atoms with van der Waals surface area (Å²) < 4.78 is 0. The van der Waals surface area contributed by atoms with Crippen molar-refractivity contribution in [3.05, 3.63) is 78.4 Å². The Bertz CT molecular complexity index is 1210. The number of H-pyrrole nitrogens is 1. The number of hydrogen-bond donors (Lipinski definition) is 4. The number of fused-ring (bicyclic) bond motifs is 3. The van der Waals surface area contributed by atoms with Crippen LogP contribution in [0.25, 0.3) is 0 Å². The Kier molecular flexibility index (Phi) is 6.09. The molecule has 1 saturated carbocycles. The summed E-state index contributed by atoms with van der Waals surface area (Å²) in [5.41, 5.74) is 2.96. The summed E-state index contributed by atoms with van der Waals surface area (Å²) in [6.45, 7) is 0.709. The van der Waals surface area contributed by atoms with Crippen molar-refractivity contribution in [1.82, 2.24) is 20.2 Å². The number of nitrogens with zero attached hydrogens (tertiary/aromatic N) is 2. The van der Waals surface area contributed by atoms with Gasteiger partial charge in [-0.1, -0.05) is 49.2 Å². The summed E-state index contributed by atoms with van der Waals surface area (Å²) >= 11 is 0. The Labute approximate surface area is 210 Å². The average Bonchev–Trinajstić information content (AvgIpc) is 3.60. The molecule has 2 fully saturated rings. The fraction of sp³-hybridized carbons (Fsp3) is 0.393. The van der Waals surface area contributed by atoms with Crippen molar-refractivity contribution in [2.24, 2.45) is 11.8 Å². The van der Waals surface area contributed by atoms with Gasteiger partial charge in [-0.25, -0.2) is 9.78 Å². The van der Waals surface area contributed by atoms with Crippen LogP contribution in [-0.4, -0.2) is 39.4 Å². The molecule has 3 aliphatic rings. The van der Waals surface area contributed by atoms with E-state index in [9.17, 15) is 9.59 Å². The molecule has 186 valence electrons. The Hall–Kier alpha value is -3.81. The number of hydrogen-bond acceptors (Lipinski definition) is 4. The molecule has 2 aromatic carbocycles. The normalized spacial score (nSPS) is 26.9. The van der Waals surface area contributed by atoms with Gasteiger partial charge >= 0.3 is 6.03 Å². The summed E-state index contributed by atoms with van der Waals surface area (Å²) in [6, 6.07) is 17.3. The molecule has 2 aliphatic heterocycles. The van der Waals surface area contributed by atoms with Gasteiger partial charge in [-0.05, 0) is 43.0 Å². The summed E-state index contributed by atoms with van der Waals surface area (Å²) in [4.78, 5) is 36.8. The first-order valence-corrected chi connectivity index (χ1v) is 13.0. The van der Waals surface area contributed by atoms with E-state index in [1.54, 1.807) is 6.20 Å². The van der Waals surface area contributed by atoms with Crippen molar-refractivity contribution in [3.63, 3.8) is 0 Å². The highest BCUT2D eigenvalue weighted by molar-refractivity contribution is 5.90. The molecular weight excluding hydrogens is 452 g/mol. The van der Waals surface area contributed by atoms with Gasteiger partial charge in [0.1, 0.15) is 5.82 Å². The van der Waals surface area contributed by atoms with Crippen LogP contribution < -0.4 is 16.0 Å². The van der Waals surface area contributed by atoms with Crippen LogP contribution in [0, 0.1) is 11.8 Å². The summed E-state index contributed by atoms with van der Waals surface area (Å²) in [6.07, 6.45) is 8.16. The highest BCUT2D eigenvalue weighted by Gasteiger charge is 2.49. The number of likely N-dealkylation sites (tertiary alicyclic amines) is 1. The first-order chi connectivity index (χ1) is 17.7. The maximum atomic E-state index is 14.1. The van der Waals surface area contributed by atoms with E-state index in [4.69, 9.17) is 0 Å². The molecule has 1 aromatic heterocycles. The number of aromatic amines is 1. The average molecular weight is 485 g/mol. The summed E-state index contributed by atoms with van der Waals surface area (Å²) in [5.74, 6) is 1.07. The molecule has 0 spiro atoms. The van der Waals surface area contributed by atoms with E-state index in [0.29, 0.717) is 6.54 Å². The summed E-state index contributed by atoms with van der Waals surface area (Å²) in [7, 11) is 0. The Morgan fingerprint density at radius 3 is 2.61 bits per heavy atom. The maximum absolute atomic E-state index is 14.1. The molecule has 0 unspecified atom stereocenters. The second kappa shape index (κ2) is 9.68. The van der Waals surface area contributed by atoms with Gasteiger partial charge in [0.15, 0.2) is 0 Å². The predicted molar refractivity (Wildman–Crippen MR) is 138 cm³/mol. The number of urea groups is 1. The second-order valence-corrected chi connectivity index (χ2v) is 10.1. The van der Waals surface area contributed by atoms with E-state index in [-0.39, 0.29) is 41.9 Å². The molecule has 3 heterocycles. The number of carbonyl (C=O) groups is 2. The van der Waals surface area contributed by atoms with E-state index >= 15 is 0 Å².